The summed E-state index contributed by atoms with van der Waals surface area (Å²) in [5.74, 6) is -0.163. The number of nitro benzene ring substituents is 1. The molecule has 1 heterocycles. The van der Waals surface area contributed by atoms with Crippen LogP contribution < -0.4 is 4.74 Å². The van der Waals surface area contributed by atoms with Gasteiger partial charge in [-0.2, -0.15) is 0 Å². The molecular formula is C20H22N2O6S. The third kappa shape index (κ3) is 5.54. The number of aryl methyl sites for hydroxylation is 1. The summed E-state index contributed by atoms with van der Waals surface area (Å²) in [5.41, 5.74) is 1.85. The highest BCUT2D eigenvalue weighted by atomic mass is 32.2. The molecule has 1 fully saturated rings. The van der Waals surface area contributed by atoms with Crippen LogP contribution >= 0.6 is 0 Å². The Kier molecular flexibility index (Phi) is 6.17. The molecule has 9 heteroatoms. The lowest BCUT2D eigenvalue weighted by molar-refractivity contribution is -0.384. The van der Waals surface area contributed by atoms with Gasteiger partial charge < -0.3 is 9.64 Å². The molecule has 1 aliphatic heterocycles. The van der Waals surface area contributed by atoms with Crippen molar-refractivity contribution in [3.05, 3.63) is 69.8 Å². The number of carbonyl (C=O) groups excluding carboxylic acids is 1. The van der Waals surface area contributed by atoms with E-state index in [4.69, 9.17) is 4.74 Å². The van der Waals surface area contributed by atoms with Crippen LogP contribution in [0, 0.1) is 17.0 Å². The van der Waals surface area contributed by atoms with Gasteiger partial charge in [-0.05, 0) is 25.0 Å². The van der Waals surface area contributed by atoms with E-state index in [1.807, 2.05) is 31.2 Å². The van der Waals surface area contributed by atoms with E-state index in [9.17, 15) is 23.3 Å². The first-order valence-corrected chi connectivity index (χ1v) is 11.0. The molecule has 0 aromatic heterocycles. The number of hydrogen-bond acceptors (Lipinski definition) is 6. The van der Waals surface area contributed by atoms with E-state index < -0.39 is 20.8 Å². The van der Waals surface area contributed by atoms with Gasteiger partial charge in [-0.15, -0.1) is 0 Å². The van der Waals surface area contributed by atoms with Crippen molar-refractivity contribution in [2.24, 2.45) is 0 Å². The summed E-state index contributed by atoms with van der Waals surface area (Å²) in [5, 5.41) is 10.9. The van der Waals surface area contributed by atoms with Gasteiger partial charge in [-0.1, -0.05) is 35.9 Å². The van der Waals surface area contributed by atoms with E-state index in [0.29, 0.717) is 6.42 Å². The Morgan fingerprint density at radius 3 is 2.59 bits per heavy atom. The summed E-state index contributed by atoms with van der Waals surface area (Å²) in [4.78, 5) is 24.8. The Bertz CT molecular complexity index is 1000. The second kappa shape index (κ2) is 8.60. The molecule has 3 rings (SSSR count). The Balaban J connectivity index is 1.74. The number of ether oxygens (including phenoxy) is 1. The van der Waals surface area contributed by atoms with Gasteiger partial charge in [-0.3, -0.25) is 14.9 Å². The summed E-state index contributed by atoms with van der Waals surface area (Å²) in [7, 11) is -3.16. The normalized spacial score (nSPS) is 17.6. The molecule has 0 bridgehead atoms. The molecule has 0 aliphatic carbocycles. The van der Waals surface area contributed by atoms with Crippen LogP contribution in [0.2, 0.25) is 0 Å². The molecular weight excluding hydrogens is 396 g/mol. The van der Waals surface area contributed by atoms with Crippen molar-refractivity contribution >= 4 is 21.4 Å². The number of rotatable bonds is 7. The summed E-state index contributed by atoms with van der Waals surface area (Å²) in [6.45, 7) is 1.91. The summed E-state index contributed by atoms with van der Waals surface area (Å²) >= 11 is 0. The van der Waals surface area contributed by atoms with Crippen molar-refractivity contribution in [3.63, 3.8) is 0 Å². The van der Waals surface area contributed by atoms with Crippen molar-refractivity contribution in [1.29, 1.82) is 0 Å². The molecule has 1 unspecified atom stereocenters. The van der Waals surface area contributed by atoms with Crippen LogP contribution in [0.5, 0.6) is 5.75 Å². The fourth-order valence-corrected chi connectivity index (χ4v) is 4.98. The zero-order valence-corrected chi connectivity index (χ0v) is 16.8. The number of non-ortho nitro benzene ring substituents is 1. The molecule has 1 saturated heterocycles. The molecule has 1 aliphatic rings. The van der Waals surface area contributed by atoms with Gasteiger partial charge in [0.25, 0.3) is 11.6 Å². The molecule has 2 aromatic rings. The summed E-state index contributed by atoms with van der Waals surface area (Å²) < 4.78 is 29.3. The molecule has 8 nitrogen and oxygen atoms in total. The highest BCUT2D eigenvalue weighted by Gasteiger charge is 2.34. The fourth-order valence-electron chi connectivity index (χ4n) is 3.25. The van der Waals surface area contributed by atoms with Crippen molar-refractivity contribution in [2.45, 2.75) is 25.9 Å². The van der Waals surface area contributed by atoms with Gasteiger partial charge in [0.15, 0.2) is 16.4 Å². The van der Waals surface area contributed by atoms with Crippen molar-refractivity contribution < 1.29 is 22.9 Å². The maximum absolute atomic E-state index is 12.9. The van der Waals surface area contributed by atoms with E-state index in [1.165, 1.54) is 29.2 Å². The minimum atomic E-state index is -3.16. The van der Waals surface area contributed by atoms with Gasteiger partial charge in [0.05, 0.1) is 22.5 Å². The molecule has 1 atom stereocenters. The Morgan fingerprint density at radius 2 is 1.97 bits per heavy atom. The molecule has 2 aromatic carbocycles. The standard InChI is InChI=1S/C20H22N2O6S/c1-15-5-7-16(8-6-15)12-21(18-9-10-29(26,27)14-18)20(23)13-28-19-4-2-3-17(11-19)22(24)25/h2-8,11,18H,9-10,12-14H2,1H3. The van der Waals surface area contributed by atoms with E-state index in [2.05, 4.69) is 0 Å². The lowest BCUT2D eigenvalue weighted by Gasteiger charge is -2.28. The largest absolute Gasteiger partial charge is 0.484 e. The maximum Gasteiger partial charge on any atom is 0.273 e. The Morgan fingerprint density at radius 1 is 1.24 bits per heavy atom. The molecule has 0 saturated carbocycles. The number of nitrogens with zero attached hydrogens (tertiary/aromatic N) is 2. The molecule has 1 amide bonds. The van der Waals surface area contributed by atoms with Crippen molar-refractivity contribution in [3.8, 4) is 5.75 Å². The third-order valence-corrected chi connectivity index (χ3v) is 6.58. The van der Waals surface area contributed by atoms with Crippen molar-refractivity contribution in [1.82, 2.24) is 4.90 Å². The Hall–Kier alpha value is -2.94. The third-order valence-electron chi connectivity index (χ3n) is 4.83. The fraction of sp³-hybridized carbons (Fsp3) is 0.350. The maximum atomic E-state index is 12.9. The SMILES string of the molecule is Cc1ccc(CN(C(=O)COc2cccc([N+](=O)[O-])c2)C2CCS(=O)(=O)C2)cc1. The van der Waals surface area contributed by atoms with Crippen LogP contribution in [0.3, 0.4) is 0 Å². The first kappa shape index (κ1) is 20.8. The Labute approximate surface area is 169 Å². The number of nitro groups is 1. The molecule has 29 heavy (non-hydrogen) atoms. The average Bonchev–Trinajstić information content (AvgIpc) is 3.05. The number of sulfone groups is 1. The van der Waals surface area contributed by atoms with Gasteiger partial charge in [-0.25, -0.2) is 8.42 Å². The lowest BCUT2D eigenvalue weighted by Crippen LogP contribution is -2.43. The van der Waals surface area contributed by atoms with Crippen LogP contribution in [0.25, 0.3) is 0 Å². The molecule has 0 spiro atoms. The predicted octanol–water partition coefficient (Wildman–Crippen LogP) is 2.50. The molecule has 154 valence electrons. The van der Waals surface area contributed by atoms with Crippen LogP contribution in [-0.4, -0.2) is 48.3 Å². The first-order chi connectivity index (χ1) is 13.7. The zero-order valence-electron chi connectivity index (χ0n) is 16.0. The second-order valence-electron chi connectivity index (χ2n) is 7.11. The quantitative estimate of drug-likeness (QED) is 0.505. The van der Waals surface area contributed by atoms with E-state index >= 15 is 0 Å². The zero-order chi connectivity index (χ0) is 21.0. The van der Waals surface area contributed by atoms with Gasteiger partial charge in [0.2, 0.25) is 0 Å². The molecule has 0 radical (unpaired) electrons. The number of hydrogen-bond donors (Lipinski definition) is 0. The van der Waals surface area contributed by atoms with E-state index in [-0.39, 0.29) is 42.0 Å². The van der Waals surface area contributed by atoms with Crippen LogP contribution in [0.15, 0.2) is 48.5 Å². The lowest BCUT2D eigenvalue weighted by atomic mass is 10.1. The average molecular weight is 418 g/mol. The number of carbonyl (C=O) groups is 1. The summed E-state index contributed by atoms with van der Waals surface area (Å²) in [6.07, 6.45) is 0.386. The predicted molar refractivity (Wildman–Crippen MR) is 107 cm³/mol. The second-order valence-corrected chi connectivity index (χ2v) is 9.34. The van der Waals surface area contributed by atoms with Crippen molar-refractivity contribution in [2.75, 3.05) is 18.1 Å². The minimum Gasteiger partial charge on any atom is -0.484 e. The highest BCUT2D eigenvalue weighted by Crippen LogP contribution is 2.22. The smallest absolute Gasteiger partial charge is 0.273 e. The number of amides is 1. The van der Waals surface area contributed by atoms with Crippen LogP contribution in [0.1, 0.15) is 17.5 Å². The highest BCUT2D eigenvalue weighted by molar-refractivity contribution is 7.91. The van der Waals surface area contributed by atoms with Gasteiger partial charge >= 0.3 is 0 Å². The summed E-state index contributed by atoms with van der Waals surface area (Å²) in [6, 6.07) is 12.9. The van der Waals surface area contributed by atoms with Crippen LogP contribution in [0.4, 0.5) is 5.69 Å². The monoisotopic (exact) mass is 418 g/mol. The molecule has 0 N–H and O–H groups in total. The minimum absolute atomic E-state index is 0.0566. The van der Waals surface area contributed by atoms with E-state index in [0.717, 1.165) is 11.1 Å². The van der Waals surface area contributed by atoms with E-state index in [1.54, 1.807) is 0 Å². The van der Waals surface area contributed by atoms with Gasteiger partial charge in [0, 0.05) is 18.7 Å². The number of benzene rings is 2. The van der Waals surface area contributed by atoms with Crippen LogP contribution in [-0.2, 0) is 21.2 Å². The first-order valence-electron chi connectivity index (χ1n) is 9.16. The van der Waals surface area contributed by atoms with Gasteiger partial charge in [0.1, 0.15) is 5.75 Å². The topological polar surface area (TPSA) is 107 Å².